The molecule has 1 aromatic carbocycles. The number of ether oxygens (including phenoxy) is 1. The summed E-state index contributed by atoms with van der Waals surface area (Å²) in [6.07, 6.45) is 0. The normalized spacial score (nSPS) is 9.82. The zero-order valence-electron chi connectivity index (χ0n) is 7.35. The molecule has 1 aromatic rings. The van der Waals surface area contributed by atoms with E-state index in [1.807, 2.05) is 6.07 Å². The van der Waals surface area contributed by atoms with E-state index in [9.17, 15) is 0 Å². The molecule has 1 nitrogen and oxygen atoms in total. The minimum absolute atomic E-state index is 0.944. The number of rotatable bonds is 2. The molecule has 0 aliphatic carbocycles. The van der Waals surface area contributed by atoms with E-state index in [0.29, 0.717) is 0 Å². The zero-order valence-corrected chi connectivity index (χ0v) is 7.35. The summed E-state index contributed by atoms with van der Waals surface area (Å²) < 4.78 is 5.09. The van der Waals surface area contributed by atoms with Crippen LogP contribution in [0, 0.1) is 6.92 Å². The number of hydrogen-bond donors (Lipinski definition) is 0. The first kappa shape index (κ1) is 8.71. The van der Waals surface area contributed by atoms with Crippen LogP contribution in [0.2, 0.25) is 0 Å². The van der Waals surface area contributed by atoms with Gasteiger partial charge in [-0.2, -0.15) is 0 Å². The van der Waals surface area contributed by atoms with Crippen LogP contribution in [-0.4, -0.2) is 24.8 Å². The Morgan fingerprint density at radius 3 is 2.64 bits per heavy atom. The molecule has 1 rings (SSSR count). The Kier molecular flexibility index (Phi) is 3.05. The summed E-state index contributed by atoms with van der Waals surface area (Å²) in [5.74, 6) is 0.944. The van der Waals surface area contributed by atoms with Gasteiger partial charge in [-0.1, -0.05) is 0 Å². The summed E-state index contributed by atoms with van der Waals surface area (Å²) in [7, 11) is 1.69. The minimum atomic E-state index is 0.944. The second-order valence-corrected chi connectivity index (χ2v) is 2.65. The van der Waals surface area contributed by atoms with Gasteiger partial charge in [-0.15, -0.1) is 0 Å². The SMILES string of the molecule is [Li][CH2]c1ccc(OC)cc1C. The number of benzene rings is 1. The summed E-state index contributed by atoms with van der Waals surface area (Å²) in [5.41, 5.74) is 2.71. The van der Waals surface area contributed by atoms with E-state index >= 15 is 0 Å². The van der Waals surface area contributed by atoms with Crippen LogP contribution in [0.1, 0.15) is 11.1 Å². The van der Waals surface area contributed by atoms with Crippen LogP contribution >= 0.6 is 0 Å². The molecular weight excluding hydrogens is 131 g/mol. The zero-order chi connectivity index (χ0) is 8.27. The van der Waals surface area contributed by atoms with Gasteiger partial charge in [0, 0.05) is 0 Å². The molecule has 0 amide bonds. The Labute approximate surface area is 77.0 Å². The fraction of sp³-hybridized carbons (Fsp3) is 0.333. The van der Waals surface area contributed by atoms with Gasteiger partial charge in [-0.05, 0) is 0 Å². The summed E-state index contributed by atoms with van der Waals surface area (Å²) in [5, 5.41) is 1.09. The van der Waals surface area contributed by atoms with Crippen LogP contribution in [0.4, 0.5) is 0 Å². The molecule has 0 aliphatic rings. The van der Waals surface area contributed by atoms with E-state index < -0.39 is 0 Å². The van der Waals surface area contributed by atoms with Crippen molar-refractivity contribution in [3.8, 4) is 5.75 Å². The molecule has 0 atom stereocenters. The fourth-order valence-corrected chi connectivity index (χ4v) is 1.19. The van der Waals surface area contributed by atoms with Crippen molar-refractivity contribution in [2.75, 3.05) is 7.11 Å². The van der Waals surface area contributed by atoms with Crippen LogP contribution in [0.15, 0.2) is 18.2 Å². The average molecular weight is 142 g/mol. The van der Waals surface area contributed by atoms with Crippen molar-refractivity contribution in [3.05, 3.63) is 29.3 Å². The maximum atomic E-state index is 5.09. The molecule has 54 valence electrons. The predicted octanol–water partition coefficient (Wildman–Crippen LogP) is 1.67. The van der Waals surface area contributed by atoms with Crippen molar-refractivity contribution in [2.24, 2.45) is 0 Å². The third kappa shape index (κ3) is 2.02. The first-order valence-corrected chi connectivity index (χ1v) is 3.91. The van der Waals surface area contributed by atoms with Crippen molar-refractivity contribution in [2.45, 2.75) is 12.0 Å². The third-order valence-corrected chi connectivity index (χ3v) is 1.93. The predicted molar refractivity (Wildman–Crippen MR) is 47.2 cm³/mol. The first-order chi connectivity index (χ1) is 5.27. The van der Waals surface area contributed by atoms with Crippen LogP contribution in [0.25, 0.3) is 0 Å². The van der Waals surface area contributed by atoms with Crippen LogP contribution in [-0.2, 0) is 5.09 Å². The van der Waals surface area contributed by atoms with Crippen molar-refractivity contribution in [1.82, 2.24) is 0 Å². The Balaban J connectivity index is 2.99. The van der Waals surface area contributed by atoms with E-state index in [1.54, 1.807) is 7.11 Å². The van der Waals surface area contributed by atoms with Crippen molar-refractivity contribution in [1.29, 1.82) is 0 Å². The summed E-state index contributed by atoms with van der Waals surface area (Å²) in [6, 6.07) is 6.19. The molecule has 0 aliphatic heterocycles. The molecule has 0 saturated carbocycles. The molecule has 0 saturated heterocycles. The van der Waals surface area contributed by atoms with E-state index in [1.165, 1.54) is 11.1 Å². The van der Waals surface area contributed by atoms with Gasteiger partial charge in [-0.3, -0.25) is 0 Å². The molecule has 0 bridgehead atoms. The molecule has 0 N–H and O–H groups in total. The van der Waals surface area contributed by atoms with Gasteiger partial charge >= 0.3 is 76.7 Å². The Morgan fingerprint density at radius 2 is 2.18 bits per heavy atom. The van der Waals surface area contributed by atoms with Gasteiger partial charge in [0.1, 0.15) is 0 Å². The van der Waals surface area contributed by atoms with Gasteiger partial charge < -0.3 is 0 Å². The monoisotopic (exact) mass is 142 g/mol. The molecule has 0 heterocycles. The fourth-order valence-electron chi connectivity index (χ4n) is 1.19. The second kappa shape index (κ2) is 3.85. The van der Waals surface area contributed by atoms with Gasteiger partial charge in [0.25, 0.3) is 0 Å². The number of methoxy groups -OCH3 is 1. The van der Waals surface area contributed by atoms with Gasteiger partial charge in [-0.25, -0.2) is 0 Å². The topological polar surface area (TPSA) is 9.23 Å². The van der Waals surface area contributed by atoms with Gasteiger partial charge in [0.2, 0.25) is 0 Å². The van der Waals surface area contributed by atoms with Crippen LogP contribution in [0.3, 0.4) is 0 Å². The van der Waals surface area contributed by atoms with Crippen LogP contribution in [0.5, 0.6) is 5.75 Å². The quantitative estimate of drug-likeness (QED) is 0.571. The first-order valence-electron chi connectivity index (χ1n) is 3.91. The Hall–Kier alpha value is -0.383. The summed E-state index contributed by atoms with van der Waals surface area (Å²) >= 11 is 2.16. The molecule has 2 heteroatoms. The van der Waals surface area contributed by atoms with Gasteiger partial charge in [0.15, 0.2) is 0 Å². The van der Waals surface area contributed by atoms with Crippen molar-refractivity contribution in [3.63, 3.8) is 0 Å². The molecular formula is C9H11LiO. The summed E-state index contributed by atoms with van der Waals surface area (Å²) in [6.45, 7) is 2.11. The molecule has 11 heavy (non-hydrogen) atoms. The maximum absolute atomic E-state index is 5.09. The Bertz CT molecular complexity index is 245. The number of hydrogen-bond acceptors (Lipinski definition) is 1. The molecule has 0 aromatic heterocycles. The molecule has 0 radical (unpaired) electrons. The van der Waals surface area contributed by atoms with E-state index in [2.05, 4.69) is 36.8 Å². The molecule has 0 fully saturated rings. The van der Waals surface area contributed by atoms with Crippen molar-refractivity contribution < 1.29 is 4.74 Å². The summed E-state index contributed by atoms with van der Waals surface area (Å²) in [4.78, 5) is 0. The standard InChI is InChI=1S/C9H11O.Li/c1-7-4-5-9(10-3)6-8(7)2;/h4-6H,1H2,2-3H3;. The Morgan fingerprint density at radius 1 is 1.45 bits per heavy atom. The van der Waals surface area contributed by atoms with E-state index in [-0.39, 0.29) is 0 Å². The third-order valence-electron chi connectivity index (χ3n) is 1.93. The van der Waals surface area contributed by atoms with Crippen molar-refractivity contribution >= 4 is 17.7 Å². The van der Waals surface area contributed by atoms with E-state index in [4.69, 9.17) is 4.74 Å². The number of aryl methyl sites for hydroxylation is 1. The van der Waals surface area contributed by atoms with E-state index in [0.717, 1.165) is 10.8 Å². The van der Waals surface area contributed by atoms with Crippen LogP contribution < -0.4 is 4.74 Å². The second-order valence-electron chi connectivity index (χ2n) is 2.65. The molecule has 0 spiro atoms. The average Bonchev–Trinajstić information content (AvgIpc) is 2.04. The molecule has 0 unspecified atom stereocenters. The van der Waals surface area contributed by atoms with Gasteiger partial charge in [0.05, 0.1) is 0 Å².